The van der Waals surface area contributed by atoms with Gasteiger partial charge in [-0.2, -0.15) is 11.3 Å². The number of nitrogens with one attached hydrogen (secondary N) is 1. The van der Waals surface area contributed by atoms with Gasteiger partial charge in [0.1, 0.15) is 18.0 Å². The highest BCUT2D eigenvalue weighted by molar-refractivity contribution is 7.08. The van der Waals surface area contributed by atoms with Gasteiger partial charge in [-0.05, 0) is 24.3 Å². The molecule has 1 aliphatic heterocycles. The summed E-state index contributed by atoms with van der Waals surface area (Å²) in [5, 5.41) is 6.50. The minimum atomic E-state index is -0.132. The zero-order chi connectivity index (χ0) is 13.1. The summed E-state index contributed by atoms with van der Waals surface area (Å²) in [6, 6.07) is 3.62. The van der Waals surface area contributed by atoms with Crippen molar-refractivity contribution in [2.75, 3.05) is 23.3 Å². The largest absolute Gasteiger partial charge is 0.356 e. The molecule has 0 spiro atoms. The van der Waals surface area contributed by atoms with Crippen molar-refractivity contribution in [2.24, 2.45) is 0 Å². The highest BCUT2D eigenvalue weighted by Gasteiger charge is 2.15. The van der Waals surface area contributed by atoms with Crippen LogP contribution in [0.1, 0.15) is 23.2 Å². The Labute approximate surface area is 115 Å². The van der Waals surface area contributed by atoms with E-state index in [4.69, 9.17) is 0 Å². The quantitative estimate of drug-likeness (QED) is 0.933. The van der Waals surface area contributed by atoms with E-state index < -0.39 is 0 Å². The summed E-state index contributed by atoms with van der Waals surface area (Å²) in [6.45, 7) is 2.05. The number of hydrogen-bond donors (Lipinski definition) is 1. The maximum absolute atomic E-state index is 11.9. The lowest BCUT2D eigenvalue weighted by atomic mass is 10.3. The van der Waals surface area contributed by atoms with Crippen molar-refractivity contribution in [3.8, 4) is 0 Å². The number of amides is 1. The molecule has 3 rings (SSSR count). The minimum Gasteiger partial charge on any atom is -0.356 e. The van der Waals surface area contributed by atoms with Gasteiger partial charge in [0.05, 0.1) is 5.56 Å². The topological polar surface area (TPSA) is 58.1 Å². The van der Waals surface area contributed by atoms with Crippen molar-refractivity contribution in [2.45, 2.75) is 12.8 Å². The summed E-state index contributed by atoms with van der Waals surface area (Å²) in [6.07, 6.45) is 3.89. The maximum Gasteiger partial charge on any atom is 0.257 e. The molecule has 0 saturated carbocycles. The molecule has 1 saturated heterocycles. The molecule has 0 radical (unpaired) electrons. The first kappa shape index (κ1) is 12.1. The third-order valence-electron chi connectivity index (χ3n) is 3.11. The van der Waals surface area contributed by atoms with Crippen LogP contribution in [0.25, 0.3) is 0 Å². The Morgan fingerprint density at radius 1 is 1.32 bits per heavy atom. The Morgan fingerprint density at radius 3 is 2.89 bits per heavy atom. The molecule has 2 aromatic rings. The number of rotatable bonds is 3. The molecule has 0 aliphatic carbocycles. The smallest absolute Gasteiger partial charge is 0.257 e. The summed E-state index contributed by atoms with van der Waals surface area (Å²) >= 11 is 1.50. The fourth-order valence-corrected chi connectivity index (χ4v) is 2.75. The van der Waals surface area contributed by atoms with Crippen molar-refractivity contribution < 1.29 is 4.79 Å². The highest BCUT2D eigenvalue weighted by atomic mass is 32.1. The van der Waals surface area contributed by atoms with Gasteiger partial charge in [0.15, 0.2) is 0 Å². The Balaban J connectivity index is 1.74. The van der Waals surface area contributed by atoms with Gasteiger partial charge in [-0.1, -0.05) is 0 Å². The molecule has 3 heterocycles. The lowest BCUT2D eigenvalue weighted by Gasteiger charge is -2.16. The van der Waals surface area contributed by atoms with Crippen LogP contribution in [0, 0.1) is 0 Å². The van der Waals surface area contributed by atoms with E-state index in [1.807, 2.05) is 16.8 Å². The summed E-state index contributed by atoms with van der Waals surface area (Å²) in [5.74, 6) is 1.30. The predicted octanol–water partition coefficient (Wildman–Crippen LogP) is 2.39. The molecule has 1 fully saturated rings. The third kappa shape index (κ3) is 2.73. The molecule has 5 nitrogen and oxygen atoms in total. The van der Waals surface area contributed by atoms with Crippen LogP contribution in [0.4, 0.5) is 11.6 Å². The summed E-state index contributed by atoms with van der Waals surface area (Å²) < 4.78 is 0. The second-order valence-corrected chi connectivity index (χ2v) is 5.20. The zero-order valence-electron chi connectivity index (χ0n) is 10.4. The van der Waals surface area contributed by atoms with E-state index in [1.165, 1.54) is 30.5 Å². The van der Waals surface area contributed by atoms with Gasteiger partial charge < -0.3 is 10.2 Å². The van der Waals surface area contributed by atoms with E-state index in [0.717, 1.165) is 18.9 Å². The number of carbonyl (C=O) groups excluding carboxylic acids is 1. The van der Waals surface area contributed by atoms with E-state index in [0.29, 0.717) is 11.4 Å². The van der Waals surface area contributed by atoms with Crippen LogP contribution in [0.15, 0.2) is 29.2 Å². The van der Waals surface area contributed by atoms with Crippen molar-refractivity contribution >= 4 is 28.9 Å². The van der Waals surface area contributed by atoms with Crippen LogP contribution in [-0.2, 0) is 0 Å². The molecule has 1 amide bonds. The van der Waals surface area contributed by atoms with E-state index in [1.54, 1.807) is 6.07 Å². The molecule has 1 N–H and O–H groups in total. The fraction of sp³-hybridized carbons (Fsp3) is 0.308. The molecule has 0 atom stereocenters. The van der Waals surface area contributed by atoms with Crippen molar-refractivity contribution in [3.63, 3.8) is 0 Å². The number of aromatic nitrogens is 2. The van der Waals surface area contributed by atoms with E-state index in [9.17, 15) is 4.79 Å². The second kappa shape index (κ2) is 5.36. The van der Waals surface area contributed by atoms with Gasteiger partial charge in [0, 0.05) is 24.5 Å². The summed E-state index contributed by atoms with van der Waals surface area (Å²) in [5.41, 5.74) is 0.659. The summed E-state index contributed by atoms with van der Waals surface area (Å²) in [7, 11) is 0. The number of carbonyl (C=O) groups is 1. The molecule has 98 valence electrons. The molecule has 0 bridgehead atoms. The minimum absolute atomic E-state index is 0.132. The Morgan fingerprint density at radius 2 is 2.16 bits per heavy atom. The van der Waals surface area contributed by atoms with Gasteiger partial charge in [0.2, 0.25) is 0 Å². The van der Waals surface area contributed by atoms with Crippen LogP contribution in [0.3, 0.4) is 0 Å². The normalized spacial score (nSPS) is 14.6. The van der Waals surface area contributed by atoms with E-state index >= 15 is 0 Å². The molecular formula is C13H14N4OS. The van der Waals surface area contributed by atoms with Crippen LogP contribution in [-0.4, -0.2) is 29.0 Å². The van der Waals surface area contributed by atoms with Gasteiger partial charge in [0.25, 0.3) is 5.91 Å². The second-order valence-electron chi connectivity index (χ2n) is 4.42. The van der Waals surface area contributed by atoms with Crippen LogP contribution in [0.5, 0.6) is 0 Å². The highest BCUT2D eigenvalue weighted by Crippen LogP contribution is 2.19. The first-order valence-electron chi connectivity index (χ1n) is 6.23. The molecular weight excluding hydrogens is 260 g/mol. The first-order valence-corrected chi connectivity index (χ1v) is 7.18. The first-order chi connectivity index (χ1) is 9.33. The van der Waals surface area contributed by atoms with Gasteiger partial charge in [-0.3, -0.25) is 4.79 Å². The number of hydrogen-bond acceptors (Lipinski definition) is 5. The molecule has 1 aliphatic rings. The molecule has 6 heteroatoms. The maximum atomic E-state index is 11.9. The third-order valence-corrected chi connectivity index (χ3v) is 3.79. The van der Waals surface area contributed by atoms with Crippen LogP contribution < -0.4 is 10.2 Å². The Hall–Kier alpha value is -1.95. The number of nitrogens with zero attached hydrogens (tertiary/aromatic N) is 3. The molecule has 2 aromatic heterocycles. The lowest BCUT2D eigenvalue weighted by Crippen LogP contribution is -2.20. The average molecular weight is 274 g/mol. The van der Waals surface area contributed by atoms with Gasteiger partial charge >= 0.3 is 0 Å². The molecule has 0 unspecified atom stereocenters. The Bertz CT molecular complexity index is 564. The molecule has 19 heavy (non-hydrogen) atoms. The number of thiophene rings is 1. The van der Waals surface area contributed by atoms with Crippen molar-refractivity contribution in [1.29, 1.82) is 0 Å². The van der Waals surface area contributed by atoms with Gasteiger partial charge in [-0.25, -0.2) is 9.97 Å². The monoisotopic (exact) mass is 274 g/mol. The predicted molar refractivity (Wildman–Crippen MR) is 75.8 cm³/mol. The fourth-order valence-electron chi connectivity index (χ4n) is 2.12. The lowest BCUT2D eigenvalue weighted by molar-refractivity contribution is 0.102. The van der Waals surface area contributed by atoms with Gasteiger partial charge in [-0.15, -0.1) is 0 Å². The number of anilines is 2. The Kier molecular flexibility index (Phi) is 3.41. The summed E-state index contributed by atoms with van der Waals surface area (Å²) in [4.78, 5) is 22.5. The molecule has 0 aromatic carbocycles. The van der Waals surface area contributed by atoms with E-state index in [-0.39, 0.29) is 5.91 Å². The van der Waals surface area contributed by atoms with Crippen molar-refractivity contribution in [1.82, 2.24) is 9.97 Å². The average Bonchev–Trinajstić information content (AvgIpc) is 3.13. The van der Waals surface area contributed by atoms with E-state index in [2.05, 4.69) is 20.2 Å². The SMILES string of the molecule is O=C(Nc1cc(N2CCCC2)ncn1)c1ccsc1. The van der Waals surface area contributed by atoms with Crippen LogP contribution in [0.2, 0.25) is 0 Å². The van der Waals surface area contributed by atoms with Crippen molar-refractivity contribution in [3.05, 3.63) is 34.8 Å². The van der Waals surface area contributed by atoms with Crippen LogP contribution >= 0.6 is 11.3 Å². The zero-order valence-corrected chi connectivity index (χ0v) is 11.2. The standard InChI is InChI=1S/C13H14N4OS/c18-13(10-3-6-19-8-10)16-11-7-12(15-9-14-11)17-4-1-2-5-17/h3,6-9H,1-2,4-5H2,(H,14,15,16,18).